The molecule has 1 N–H and O–H groups in total. The van der Waals surface area contributed by atoms with Crippen molar-refractivity contribution in [2.75, 3.05) is 58.3 Å². The number of carbonyl (C=O) groups is 1. The van der Waals surface area contributed by atoms with E-state index in [9.17, 15) is 18.0 Å². The number of ether oxygens (including phenoxy) is 2. The molecule has 1 amide bonds. The van der Waals surface area contributed by atoms with Gasteiger partial charge in [-0.15, -0.1) is 0 Å². The van der Waals surface area contributed by atoms with E-state index in [2.05, 4.69) is 22.2 Å². The topological polar surface area (TPSA) is 54.0 Å². The van der Waals surface area contributed by atoms with Crippen molar-refractivity contribution in [3.8, 4) is 11.5 Å². The second kappa shape index (κ2) is 10.9. The first-order chi connectivity index (χ1) is 15.7. The van der Waals surface area contributed by atoms with E-state index in [0.29, 0.717) is 31.3 Å². The van der Waals surface area contributed by atoms with Crippen LogP contribution in [0.15, 0.2) is 36.4 Å². The van der Waals surface area contributed by atoms with E-state index in [4.69, 9.17) is 9.47 Å². The number of likely N-dealkylation sites (N-methyl/N-ethyl adjacent to an activating group) is 1. The quantitative estimate of drug-likeness (QED) is 0.631. The molecule has 1 aliphatic rings. The number of hydrogen-bond acceptors (Lipinski definition) is 5. The van der Waals surface area contributed by atoms with Crippen molar-refractivity contribution in [2.45, 2.75) is 20.0 Å². The van der Waals surface area contributed by atoms with Crippen LogP contribution in [0.4, 0.5) is 18.9 Å². The number of benzene rings is 2. The van der Waals surface area contributed by atoms with Crippen molar-refractivity contribution >= 4 is 11.6 Å². The molecule has 6 nitrogen and oxygen atoms in total. The zero-order valence-electron chi connectivity index (χ0n) is 19.2. The Labute approximate surface area is 192 Å². The number of nitrogens with one attached hydrogen (secondary N) is 1. The van der Waals surface area contributed by atoms with Gasteiger partial charge in [0.1, 0.15) is 23.7 Å². The van der Waals surface area contributed by atoms with E-state index in [1.54, 1.807) is 25.1 Å². The first-order valence-electron chi connectivity index (χ1n) is 11.0. The zero-order chi connectivity index (χ0) is 24.0. The SMILES string of the molecule is CCOc1cccc(OCCN2CCN(C)CC2)c1C(=O)Nc1ccc(C)c(C(F)(F)F)c1. The lowest BCUT2D eigenvalue weighted by molar-refractivity contribution is -0.138. The monoisotopic (exact) mass is 465 g/mol. The van der Waals surface area contributed by atoms with Crippen molar-refractivity contribution in [3.63, 3.8) is 0 Å². The minimum Gasteiger partial charge on any atom is -0.493 e. The van der Waals surface area contributed by atoms with E-state index in [1.165, 1.54) is 19.1 Å². The van der Waals surface area contributed by atoms with Crippen molar-refractivity contribution in [1.29, 1.82) is 0 Å². The highest BCUT2D eigenvalue weighted by molar-refractivity contribution is 6.08. The number of alkyl halides is 3. The molecule has 2 aromatic rings. The predicted octanol–water partition coefficient (Wildman–Crippen LogP) is 4.29. The van der Waals surface area contributed by atoms with E-state index >= 15 is 0 Å². The van der Waals surface area contributed by atoms with Crippen molar-refractivity contribution < 1.29 is 27.4 Å². The van der Waals surface area contributed by atoms with Gasteiger partial charge in [0.15, 0.2) is 0 Å². The minimum atomic E-state index is -4.51. The molecule has 180 valence electrons. The Hall–Kier alpha value is -2.78. The molecule has 3 rings (SSSR count). The van der Waals surface area contributed by atoms with Crippen LogP contribution in [0.2, 0.25) is 0 Å². The van der Waals surface area contributed by atoms with Crippen molar-refractivity contribution in [3.05, 3.63) is 53.1 Å². The Kier molecular flexibility index (Phi) is 8.20. The molecular formula is C24H30F3N3O3. The third-order valence-electron chi connectivity index (χ3n) is 5.58. The van der Waals surface area contributed by atoms with Crippen LogP contribution >= 0.6 is 0 Å². The number of halogens is 3. The molecule has 0 bridgehead atoms. The number of amides is 1. The molecule has 1 aliphatic heterocycles. The third kappa shape index (κ3) is 6.61. The van der Waals surface area contributed by atoms with Gasteiger partial charge in [-0.3, -0.25) is 9.69 Å². The van der Waals surface area contributed by atoms with Gasteiger partial charge < -0.3 is 19.7 Å². The van der Waals surface area contributed by atoms with E-state index in [-0.39, 0.29) is 16.8 Å². The maximum absolute atomic E-state index is 13.3. The average molecular weight is 466 g/mol. The summed E-state index contributed by atoms with van der Waals surface area (Å²) in [4.78, 5) is 17.7. The van der Waals surface area contributed by atoms with Crippen LogP contribution in [0.5, 0.6) is 11.5 Å². The fourth-order valence-electron chi connectivity index (χ4n) is 3.69. The highest BCUT2D eigenvalue weighted by Crippen LogP contribution is 2.34. The van der Waals surface area contributed by atoms with E-state index in [0.717, 1.165) is 32.2 Å². The van der Waals surface area contributed by atoms with Crippen molar-refractivity contribution in [2.24, 2.45) is 0 Å². The Morgan fingerprint density at radius 2 is 1.73 bits per heavy atom. The molecule has 0 saturated carbocycles. The molecular weight excluding hydrogens is 435 g/mol. The Bertz CT molecular complexity index is 958. The van der Waals surface area contributed by atoms with Crippen LogP contribution in [-0.2, 0) is 6.18 Å². The summed E-state index contributed by atoms with van der Waals surface area (Å²) in [5, 5.41) is 2.57. The zero-order valence-corrected chi connectivity index (χ0v) is 19.2. The van der Waals surface area contributed by atoms with Gasteiger partial charge in [0.2, 0.25) is 0 Å². The summed E-state index contributed by atoms with van der Waals surface area (Å²) < 4.78 is 51.4. The summed E-state index contributed by atoms with van der Waals surface area (Å²) in [6, 6.07) is 8.74. The molecule has 1 saturated heterocycles. The van der Waals surface area contributed by atoms with E-state index in [1.807, 2.05) is 0 Å². The lowest BCUT2D eigenvalue weighted by Gasteiger charge is -2.32. The van der Waals surface area contributed by atoms with Gasteiger partial charge in [-0.2, -0.15) is 13.2 Å². The van der Waals surface area contributed by atoms with Gasteiger partial charge in [0.25, 0.3) is 5.91 Å². The number of rotatable bonds is 8. The Morgan fingerprint density at radius 1 is 1.06 bits per heavy atom. The summed E-state index contributed by atoms with van der Waals surface area (Å²) in [6.45, 7) is 8.45. The fraction of sp³-hybridized carbons (Fsp3) is 0.458. The standard InChI is InChI=1S/C24H30F3N3O3/c1-4-32-20-6-5-7-21(33-15-14-30-12-10-29(3)11-13-30)22(20)23(31)28-18-9-8-17(2)19(16-18)24(25,26)27/h5-9,16H,4,10-15H2,1-3H3,(H,28,31). The highest BCUT2D eigenvalue weighted by Gasteiger charge is 2.32. The first-order valence-corrected chi connectivity index (χ1v) is 11.0. The number of piperazine rings is 1. The number of nitrogens with zero attached hydrogens (tertiary/aromatic N) is 2. The molecule has 0 aromatic heterocycles. The smallest absolute Gasteiger partial charge is 0.416 e. The number of anilines is 1. The second-order valence-corrected chi connectivity index (χ2v) is 8.04. The third-order valence-corrected chi connectivity index (χ3v) is 5.58. The van der Waals surface area contributed by atoms with Crippen molar-refractivity contribution in [1.82, 2.24) is 9.80 Å². The maximum Gasteiger partial charge on any atom is 0.416 e. The summed E-state index contributed by atoms with van der Waals surface area (Å²) in [7, 11) is 2.09. The van der Waals surface area contributed by atoms with Gasteiger partial charge in [-0.05, 0) is 50.7 Å². The maximum atomic E-state index is 13.3. The van der Waals surface area contributed by atoms with Gasteiger partial charge >= 0.3 is 6.18 Å². The number of carbonyl (C=O) groups excluding carboxylic acids is 1. The van der Waals surface area contributed by atoms with Crippen LogP contribution in [0.1, 0.15) is 28.4 Å². The Balaban J connectivity index is 1.77. The van der Waals surface area contributed by atoms with Crippen LogP contribution in [0, 0.1) is 6.92 Å². The van der Waals surface area contributed by atoms with Gasteiger partial charge in [-0.25, -0.2) is 0 Å². The van der Waals surface area contributed by atoms with E-state index < -0.39 is 17.6 Å². The van der Waals surface area contributed by atoms with Gasteiger partial charge in [0, 0.05) is 38.4 Å². The molecule has 9 heteroatoms. The molecule has 0 atom stereocenters. The van der Waals surface area contributed by atoms with Crippen LogP contribution < -0.4 is 14.8 Å². The molecule has 0 unspecified atom stereocenters. The summed E-state index contributed by atoms with van der Waals surface area (Å²) >= 11 is 0. The van der Waals surface area contributed by atoms with Crippen LogP contribution in [0.25, 0.3) is 0 Å². The molecule has 0 spiro atoms. The number of hydrogen-bond donors (Lipinski definition) is 1. The largest absolute Gasteiger partial charge is 0.493 e. The molecule has 1 heterocycles. The van der Waals surface area contributed by atoms with Crippen LogP contribution in [0.3, 0.4) is 0 Å². The fourth-order valence-corrected chi connectivity index (χ4v) is 3.69. The molecule has 33 heavy (non-hydrogen) atoms. The van der Waals surface area contributed by atoms with Crippen LogP contribution in [-0.4, -0.2) is 68.7 Å². The minimum absolute atomic E-state index is 0.0487. The molecule has 0 aliphatic carbocycles. The summed E-state index contributed by atoms with van der Waals surface area (Å²) in [6.07, 6.45) is -4.51. The molecule has 1 fully saturated rings. The summed E-state index contributed by atoms with van der Waals surface area (Å²) in [5.74, 6) is 0.0524. The molecule has 2 aromatic carbocycles. The first kappa shape index (κ1) is 24.9. The lowest BCUT2D eigenvalue weighted by Crippen LogP contribution is -2.45. The number of aryl methyl sites for hydroxylation is 1. The Morgan fingerprint density at radius 3 is 2.36 bits per heavy atom. The second-order valence-electron chi connectivity index (χ2n) is 8.04. The van der Waals surface area contributed by atoms with Gasteiger partial charge in [-0.1, -0.05) is 12.1 Å². The normalized spacial score (nSPS) is 15.3. The highest BCUT2D eigenvalue weighted by atomic mass is 19.4. The predicted molar refractivity (Wildman–Crippen MR) is 121 cm³/mol. The summed E-state index contributed by atoms with van der Waals surface area (Å²) in [5.41, 5.74) is -0.496. The lowest BCUT2D eigenvalue weighted by atomic mass is 10.1. The molecule has 0 radical (unpaired) electrons. The average Bonchev–Trinajstić information content (AvgIpc) is 2.76. The van der Waals surface area contributed by atoms with Gasteiger partial charge in [0.05, 0.1) is 12.2 Å².